The highest BCUT2D eigenvalue weighted by atomic mass is 16.5. The van der Waals surface area contributed by atoms with Gasteiger partial charge in [-0.3, -0.25) is 4.79 Å². The summed E-state index contributed by atoms with van der Waals surface area (Å²) in [5.74, 6) is 2.69. The van der Waals surface area contributed by atoms with Crippen molar-refractivity contribution in [2.24, 2.45) is 5.92 Å². The number of hydrogen-bond acceptors (Lipinski definition) is 8. The molecule has 10 heteroatoms. The molecule has 174 valence electrons. The molecule has 0 radical (unpaired) electrons. The third kappa shape index (κ3) is 4.27. The summed E-state index contributed by atoms with van der Waals surface area (Å²) in [6.45, 7) is 8.48. The number of carbonyl (C=O) groups is 1. The lowest BCUT2D eigenvalue weighted by Crippen LogP contribution is -2.51. The normalized spacial score (nSPS) is 19.6. The number of carbonyl (C=O) groups excluding carboxylic acids is 1. The third-order valence-corrected chi connectivity index (χ3v) is 6.46. The molecule has 0 spiro atoms. The SMILES string of the molecule is CC[C@H](Nc1ncnc2c1nc(-c1cnc(C)nc1)n2CC)C(=O)N1CCO[C@H](C2CC2)C1. The number of fused-ring (bicyclic) bond motifs is 1. The standard InChI is InChI=1S/C23H30N8O2/c1-4-17(23(32)30-8-9-33-18(12-30)15-6-7-15)28-20-19-22(27-13-26-20)31(5-2)21(29-19)16-10-24-14(3)25-11-16/h10-11,13,15,17-18H,4-9,12H2,1-3H3,(H,26,27,28)/t17-,18-/m0/s1. The molecule has 2 aliphatic rings. The highest BCUT2D eigenvalue weighted by Crippen LogP contribution is 2.36. The van der Waals surface area contributed by atoms with Crippen LogP contribution in [-0.2, 0) is 16.1 Å². The van der Waals surface area contributed by atoms with E-state index in [-0.39, 0.29) is 18.1 Å². The van der Waals surface area contributed by atoms with Crippen LogP contribution in [0.4, 0.5) is 5.82 Å². The third-order valence-electron chi connectivity index (χ3n) is 6.46. The van der Waals surface area contributed by atoms with Crippen LogP contribution < -0.4 is 5.32 Å². The zero-order valence-electron chi connectivity index (χ0n) is 19.4. The number of rotatable bonds is 7. The van der Waals surface area contributed by atoms with E-state index < -0.39 is 0 Å². The van der Waals surface area contributed by atoms with Crippen molar-refractivity contribution < 1.29 is 9.53 Å². The molecule has 10 nitrogen and oxygen atoms in total. The van der Waals surface area contributed by atoms with Crippen LogP contribution in [0.2, 0.25) is 0 Å². The van der Waals surface area contributed by atoms with Gasteiger partial charge in [0.25, 0.3) is 0 Å². The molecule has 2 atom stereocenters. The Hall–Kier alpha value is -3.14. The molecule has 1 aliphatic heterocycles. The molecule has 1 amide bonds. The van der Waals surface area contributed by atoms with Gasteiger partial charge < -0.3 is 19.5 Å². The first-order chi connectivity index (χ1) is 16.1. The zero-order chi connectivity index (χ0) is 22.9. The minimum absolute atomic E-state index is 0.0836. The predicted octanol–water partition coefficient (Wildman–Crippen LogP) is 2.44. The Labute approximate surface area is 192 Å². The second-order valence-electron chi connectivity index (χ2n) is 8.73. The summed E-state index contributed by atoms with van der Waals surface area (Å²) in [5, 5.41) is 3.36. The molecule has 2 fully saturated rings. The first-order valence-electron chi connectivity index (χ1n) is 11.8. The molecule has 5 rings (SSSR count). The summed E-state index contributed by atoms with van der Waals surface area (Å²) in [6.07, 6.45) is 8.27. The molecule has 33 heavy (non-hydrogen) atoms. The highest BCUT2D eigenvalue weighted by Gasteiger charge is 2.37. The molecule has 1 N–H and O–H groups in total. The maximum absolute atomic E-state index is 13.4. The molecule has 0 bridgehead atoms. The van der Waals surface area contributed by atoms with Crippen LogP contribution in [0, 0.1) is 12.8 Å². The number of nitrogens with one attached hydrogen (secondary N) is 1. The van der Waals surface area contributed by atoms with Crippen molar-refractivity contribution in [3.8, 4) is 11.4 Å². The lowest BCUT2D eigenvalue weighted by atomic mass is 10.1. The summed E-state index contributed by atoms with van der Waals surface area (Å²) < 4.78 is 7.91. The predicted molar refractivity (Wildman–Crippen MR) is 124 cm³/mol. The van der Waals surface area contributed by atoms with Crippen LogP contribution in [0.25, 0.3) is 22.6 Å². The quantitative estimate of drug-likeness (QED) is 0.584. The van der Waals surface area contributed by atoms with Gasteiger partial charge in [-0.15, -0.1) is 0 Å². The van der Waals surface area contributed by atoms with Gasteiger partial charge in [0.2, 0.25) is 5.91 Å². The van der Waals surface area contributed by atoms with Crippen LogP contribution in [-0.4, -0.2) is 72.1 Å². The van der Waals surface area contributed by atoms with Crippen molar-refractivity contribution in [3.05, 3.63) is 24.5 Å². The number of morpholine rings is 1. The number of aromatic nitrogens is 6. The minimum atomic E-state index is -0.390. The Bertz CT molecular complexity index is 1140. The monoisotopic (exact) mass is 450 g/mol. The van der Waals surface area contributed by atoms with E-state index in [4.69, 9.17) is 9.72 Å². The van der Waals surface area contributed by atoms with Gasteiger partial charge in [-0.1, -0.05) is 6.92 Å². The van der Waals surface area contributed by atoms with Crippen LogP contribution in [0.1, 0.15) is 38.9 Å². The van der Waals surface area contributed by atoms with Crippen molar-refractivity contribution in [2.45, 2.75) is 58.7 Å². The molecule has 1 aliphatic carbocycles. The summed E-state index contributed by atoms with van der Waals surface area (Å²) in [4.78, 5) is 37.7. The molecule has 0 aromatic carbocycles. The van der Waals surface area contributed by atoms with Crippen molar-refractivity contribution >= 4 is 22.9 Å². The first-order valence-corrected chi connectivity index (χ1v) is 11.8. The summed E-state index contributed by atoms with van der Waals surface area (Å²) in [5.41, 5.74) is 2.17. The van der Waals surface area contributed by atoms with E-state index in [9.17, 15) is 4.79 Å². The van der Waals surface area contributed by atoms with Crippen molar-refractivity contribution in [1.29, 1.82) is 0 Å². The summed E-state index contributed by atoms with van der Waals surface area (Å²) in [7, 11) is 0. The van der Waals surface area contributed by atoms with Gasteiger partial charge in [-0.25, -0.2) is 24.9 Å². The van der Waals surface area contributed by atoms with Crippen LogP contribution in [0.15, 0.2) is 18.7 Å². The Morgan fingerprint density at radius 2 is 2.00 bits per heavy atom. The fraction of sp³-hybridized carbons (Fsp3) is 0.565. The first kappa shape index (κ1) is 21.7. The lowest BCUT2D eigenvalue weighted by Gasteiger charge is -2.35. The van der Waals surface area contributed by atoms with Crippen LogP contribution in [0.3, 0.4) is 0 Å². The molecular formula is C23H30N8O2. The molecule has 3 aromatic rings. The highest BCUT2D eigenvalue weighted by molar-refractivity contribution is 5.90. The van der Waals surface area contributed by atoms with Gasteiger partial charge in [0.1, 0.15) is 24.0 Å². The summed E-state index contributed by atoms with van der Waals surface area (Å²) in [6, 6.07) is -0.390. The average Bonchev–Trinajstić information content (AvgIpc) is 3.63. The Kier molecular flexibility index (Phi) is 5.92. The van der Waals surface area contributed by atoms with Crippen molar-refractivity contribution in [1.82, 2.24) is 34.4 Å². The molecule has 3 aromatic heterocycles. The van der Waals surface area contributed by atoms with Gasteiger partial charge in [0.15, 0.2) is 17.0 Å². The van der Waals surface area contributed by atoms with E-state index >= 15 is 0 Å². The number of anilines is 1. The molecule has 1 saturated heterocycles. The topological polar surface area (TPSA) is 111 Å². The Morgan fingerprint density at radius 3 is 2.70 bits per heavy atom. The lowest BCUT2D eigenvalue weighted by molar-refractivity contribution is -0.140. The van der Waals surface area contributed by atoms with Gasteiger partial charge >= 0.3 is 0 Å². The van der Waals surface area contributed by atoms with Gasteiger partial charge in [0, 0.05) is 32.0 Å². The number of imidazole rings is 1. The van der Waals surface area contributed by atoms with Crippen molar-refractivity contribution in [3.63, 3.8) is 0 Å². The van der Waals surface area contributed by atoms with Gasteiger partial charge in [-0.05, 0) is 39.0 Å². The number of aryl methyl sites for hydroxylation is 2. The number of hydrogen-bond donors (Lipinski definition) is 1. The zero-order valence-corrected chi connectivity index (χ0v) is 19.4. The van der Waals surface area contributed by atoms with E-state index in [1.807, 2.05) is 30.2 Å². The fourth-order valence-corrected chi connectivity index (χ4v) is 4.42. The Balaban J connectivity index is 1.42. The van der Waals surface area contributed by atoms with Gasteiger partial charge in [-0.2, -0.15) is 0 Å². The number of nitrogens with zero attached hydrogens (tertiary/aromatic N) is 7. The van der Waals surface area contributed by atoms with Crippen molar-refractivity contribution in [2.75, 3.05) is 25.0 Å². The second-order valence-corrected chi connectivity index (χ2v) is 8.73. The van der Waals surface area contributed by atoms with E-state index in [0.29, 0.717) is 61.4 Å². The van der Waals surface area contributed by atoms with Gasteiger partial charge in [0.05, 0.1) is 18.3 Å². The number of amides is 1. The maximum Gasteiger partial charge on any atom is 0.245 e. The van der Waals surface area contributed by atoms with Crippen LogP contribution >= 0.6 is 0 Å². The number of ether oxygens (including phenoxy) is 1. The average molecular weight is 451 g/mol. The van der Waals surface area contributed by atoms with E-state index in [1.165, 1.54) is 19.2 Å². The largest absolute Gasteiger partial charge is 0.374 e. The fourth-order valence-electron chi connectivity index (χ4n) is 4.42. The summed E-state index contributed by atoms with van der Waals surface area (Å²) >= 11 is 0. The molecule has 0 unspecified atom stereocenters. The Morgan fingerprint density at radius 1 is 1.21 bits per heavy atom. The molecule has 4 heterocycles. The van der Waals surface area contributed by atoms with Crippen LogP contribution in [0.5, 0.6) is 0 Å². The smallest absolute Gasteiger partial charge is 0.245 e. The van der Waals surface area contributed by atoms with E-state index in [1.54, 1.807) is 12.4 Å². The van der Waals surface area contributed by atoms with E-state index in [2.05, 4.69) is 25.3 Å². The minimum Gasteiger partial charge on any atom is -0.374 e. The molecule has 1 saturated carbocycles. The molecular weight excluding hydrogens is 420 g/mol. The van der Waals surface area contributed by atoms with E-state index in [0.717, 1.165) is 11.4 Å². The maximum atomic E-state index is 13.4. The second kappa shape index (κ2) is 9.01.